The Morgan fingerprint density at radius 2 is 2.03 bits per heavy atom. The van der Waals surface area contributed by atoms with Gasteiger partial charge in [-0.05, 0) is 38.5 Å². The molecule has 0 aromatic rings. The first-order valence-electron chi connectivity index (χ1n) is 13.1. The Kier molecular flexibility index (Phi) is 7.67. The lowest BCUT2D eigenvalue weighted by molar-refractivity contribution is -0.154. The van der Waals surface area contributed by atoms with Gasteiger partial charge in [-0.2, -0.15) is 0 Å². The van der Waals surface area contributed by atoms with Gasteiger partial charge in [-0.3, -0.25) is 14.4 Å². The molecule has 4 rings (SSSR count). The highest BCUT2D eigenvalue weighted by molar-refractivity contribution is 8.02. The molecule has 7 nitrogen and oxygen atoms in total. The molecule has 34 heavy (non-hydrogen) atoms. The number of carbonyl (C=O) groups is 3. The van der Waals surface area contributed by atoms with Crippen LogP contribution in [-0.2, 0) is 19.1 Å². The SMILES string of the molecule is C=CCN(C(=O)C1N([C@@H](CC)CO)C(=O)[C@@H]2[C@@H](C(=O)OCC)[C@H]3CC(C)C12S3)C1CCCCC1. The number of rotatable bonds is 9. The minimum absolute atomic E-state index is 0.0165. The van der Waals surface area contributed by atoms with Gasteiger partial charge in [0.15, 0.2) is 0 Å². The van der Waals surface area contributed by atoms with E-state index in [0.717, 1.165) is 32.1 Å². The third-order valence-electron chi connectivity index (χ3n) is 8.68. The molecule has 3 aliphatic heterocycles. The lowest BCUT2D eigenvalue weighted by Crippen LogP contribution is -2.60. The molecule has 1 N–H and O–H groups in total. The molecule has 4 fully saturated rings. The van der Waals surface area contributed by atoms with E-state index in [1.165, 1.54) is 6.42 Å². The minimum atomic E-state index is -0.687. The van der Waals surface area contributed by atoms with Gasteiger partial charge in [0, 0.05) is 17.8 Å². The van der Waals surface area contributed by atoms with Crippen LogP contribution in [0.25, 0.3) is 0 Å². The Hall–Kier alpha value is -1.54. The largest absolute Gasteiger partial charge is 0.466 e. The first kappa shape index (κ1) is 25.5. The molecule has 4 aliphatic rings. The van der Waals surface area contributed by atoms with E-state index in [1.54, 1.807) is 29.7 Å². The summed E-state index contributed by atoms with van der Waals surface area (Å²) in [5, 5.41) is 10.2. The minimum Gasteiger partial charge on any atom is -0.466 e. The first-order chi connectivity index (χ1) is 16.4. The number of likely N-dealkylation sites (tertiary alicyclic amines) is 1. The number of fused-ring (bicyclic) bond motifs is 1. The number of hydrogen-bond acceptors (Lipinski definition) is 6. The standard InChI is InChI=1S/C26H40N2O5S/c1-5-13-27(18-11-9-8-10-12-18)24(31)22-26-16(4)14-19(34-26)20(25(32)33-7-3)21(26)23(30)28(22)17(6-2)15-29/h5,16-22,29H,1,6-15H2,2-4H3/t16?,17-,19+,20-,21-,22?,26?/m0/s1. The molecule has 8 heteroatoms. The molecule has 190 valence electrons. The smallest absolute Gasteiger partial charge is 0.310 e. The van der Waals surface area contributed by atoms with E-state index in [4.69, 9.17) is 4.74 Å². The van der Waals surface area contributed by atoms with E-state index in [2.05, 4.69) is 13.5 Å². The summed E-state index contributed by atoms with van der Waals surface area (Å²) in [6.07, 6.45) is 8.41. The highest BCUT2D eigenvalue weighted by Gasteiger charge is 2.77. The second kappa shape index (κ2) is 10.2. The van der Waals surface area contributed by atoms with Crippen LogP contribution in [0.1, 0.15) is 65.7 Å². The summed E-state index contributed by atoms with van der Waals surface area (Å²) < 4.78 is 4.74. The Labute approximate surface area is 207 Å². The van der Waals surface area contributed by atoms with Crippen LogP contribution in [0.5, 0.6) is 0 Å². The molecule has 1 aliphatic carbocycles. The summed E-state index contributed by atoms with van der Waals surface area (Å²) in [4.78, 5) is 45.2. The van der Waals surface area contributed by atoms with E-state index in [0.29, 0.717) is 13.0 Å². The van der Waals surface area contributed by atoms with E-state index >= 15 is 0 Å². The maximum atomic E-state index is 14.5. The Morgan fingerprint density at radius 1 is 1.32 bits per heavy atom. The monoisotopic (exact) mass is 492 g/mol. The summed E-state index contributed by atoms with van der Waals surface area (Å²) in [6.45, 7) is 10.3. The van der Waals surface area contributed by atoms with E-state index in [1.807, 2.05) is 11.8 Å². The zero-order valence-electron chi connectivity index (χ0n) is 20.8. The normalized spacial score (nSPS) is 35.8. The molecule has 7 atom stereocenters. The van der Waals surface area contributed by atoms with Crippen LogP contribution in [-0.4, -0.2) is 80.6 Å². The predicted molar refractivity (Wildman–Crippen MR) is 132 cm³/mol. The molecule has 3 heterocycles. The maximum Gasteiger partial charge on any atom is 0.310 e. The van der Waals surface area contributed by atoms with Gasteiger partial charge < -0.3 is 19.6 Å². The van der Waals surface area contributed by atoms with Crippen molar-refractivity contribution in [2.45, 2.75) is 93.8 Å². The van der Waals surface area contributed by atoms with Crippen molar-refractivity contribution >= 4 is 29.5 Å². The molecule has 1 saturated carbocycles. The highest BCUT2D eigenvalue weighted by Crippen LogP contribution is 2.69. The third kappa shape index (κ3) is 3.80. The van der Waals surface area contributed by atoms with Gasteiger partial charge in [0.05, 0.1) is 35.8 Å². The lowest BCUT2D eigenvalue weighted by Gasteiger charge is -2.44. The highest BCUT2D eigenvalue weighted by atomic mass is 32.2. The fraction of sp³-hybridized carbons (Fsp3) is 0.808. The van der Waals surface area contributed by atoms with Crippen molar-refractivity contribution < 1.29 is 24.2 Å². The van der Waals surface area contributed by atoms with Gasteiger partial charge in [-0.1, -0.05) is 39.2 Å². The fourth-order valence-corrected chi connectivity index (χ4v) is 9.55. The summed E-state index contributed by atoms with van der Waals surface area (Å²) in [5.74, 6) is -1.55. The number of hydrogen-bond donors (Lipinski definition) is 1. The van der Waals surface area contributed by atoms with Crippen LogP contribution in [0.3, 0.4) is 0 Å². The molecule has 0 aromatic carbocycles. The van der Waals surface area contributed by atoms with Gasteiger partial charge in [-0.15, -0.1) is 18.3 Å². The van der Waals surface area contributed by atoms with Crippen LogP contribution in [0.2, 0.25) is 0 Å². The van der Waals surface area contributed by atoms with Crippen molar-refractivity contribution in [3.63, 3.8) is 0 Å². The fourth-order valence-electron chi connectivity index (χ4n) is 7.16. The number of carbonyl (C=O) groups excluding carboxylic acids is 3. The van der Waals surface area contributed by atoms with Gasteiger partial charge in [-0.25, -0.2) is 0 Å². The molecule has 0 aromatic heterocycles. The van der Waals surface area contributed by atoms with Crippen LogP contribution < -0.4 is 0 Å². The van der Waals surface area contributed by atoms with Crippen LogP contribution >= 0.6 is 11.8 Å². The summed E-state index contributed by atoms with van der Waals surface area (Å²) in [6, 6.07) is -0.998. The summed E-state index contributed by atoms with van der Waals surface area (Å²) >= 11 is 1.67. The number of aliphatic hydroxyl groups excluding tert-OH is 1. The van der Waals surface area contributed by atoms with Crippen molar-refractivity contribution in [1.82, 2.24) is 9.80 Å². The Bertz CT molecular complexity index is 811. The average molecular weight is 493 g/mol. The molecule has 2 amide bonds. The quantitative estimate of drug-likeness (QED) is 0.393. The van der Waals surface area contributed by atoms with Gasteiger partial charge >= 0.3 is 5.97 Å². The van der Waals surface area contributed by atoms with Gasteiger partial charge in [0.2, 0.25) is 11.8 Å². The zero-order valence-corrected chi connectivity index (χ0v) is 21.6. The number of esters is 1. The van der Waals surface area contributed by atoms with Gasteiger partial charge in [0.1, 0.15) is 6.04 Å². The summed E-state index contributed by atoms with van der Waals surface area (Å²) in [5.41, 5.74) is 0. The van der Waals surface area contributed by atoms with Crippen molar-refractivity contribution in [2.24, 2.45) is 17.8 Å². The van der Waals surface area contributed by atoms with E-state index < -0.39 is 28.7 Å². The van der Waals surface area contributed by atoms with Crippen LogP contribution in [0.15, 0.2) is 12.7 Å². The second-order valence-electron chi connectivity index (χ2n) is 10.4. The number of amides is 2. The van der Waals surface area contributed by atoms with Gasteiger partial charge in [0.25, 0.3) is 0 Å². The number of nitrogens with zero attached hydrogens (tertiary/aromatic N) is 2. The second-order valence-corrected chi connectivity index (χ2v) is 11.9. The topological polar surface area (TPSA) is 87.2 Å². The number of thioether (sulfide) groups is 1. The first-order valence-corrected chi connectivity index (χ1v) is 13.9. The molecule has 1 spiro atoms. The van der Waals surface area contributed by atoms with Crippen molar-refractivity contribution in [3.8, 4) is 0 Å². The maximum absolute atomic E-state index is 14.5. The summed E-state index contributed by atoms with van der Waals surface area (Å²) in [7, 11) is 0. The van der Waals surface area contributed by atoms with Crippen molar-refractivity contribution in [3.05, 3.63) is 12.7 Å². The molecule has 0 radical (unpaired) electrons. The molecule has 3 saturated heterocycles. The Balaban J connectivity index is 1.79. The zero-order chi connectivity index (χ0) is 24.6. The number of ether oxygens (including phenoxy) is 1. The average Bonchev–Trinajstić information content (AvgIpc) is 3.43. The van der Waals surface area contributed by atoms with Crippen LogP contribution in [0, 0.1) is 17.8 Å². The van der Waals surface area contributed by atoms with Crippen LogP contribution in [0.4, 0.5) is 0 Å². The molecule has 2 bridgehead atoms. The van der Waals surface area contributed by atoms with Crippen molar-refractivity contribution in [1.29, 1.82) is 0 Å². The van der Waals surface area contributed by atoms with E-state index in [9.17, 15) is 19.5 Å². The predicted octanol–water partition coefficient (Wildman–Crippen LogP) is 3.00. The molecular formula is C26H40N2O5S. The Morgan fingerprint density at radius 3 is 2.62 bits per heavy atom. The molecule has 3 unspecified atom stereocenters. The lowest BCUT2D eigenvalue weighted by atomic mass is 9.66. The van der Waals surface area contributed by atoms with Crippen molar-refractivity contribution in [2.75, 3.05) is 19.8 Å². The third-order valence-corrected chi connectivity index (χ3v) is 10.8. The molecular weight excluding hydrogens is 452 g/mol. The number of aliphatic hydroxyl groups is 1. The van der Waals surface area contributed by atoms with E-state index in [-0.39, 0.29) is 48.2 Å².